The van der Waals surface area contributed by atoms with Gasteiger partial charge in [-0.15, -0.1) is 0 Å². The van der Waals surface area contributed by atoms with E-state index in [9.17, 15) is 29.8 Å². The van der Waals surface area contributed by atoms with E-state index >= 15 is 0 Å². The minimum absolute atomic E-state index is 0.0641. The second-order valence-electron chi connectivity index (χ2n) is 5.26. The summed E-state index contributed by atoms with van der Waals surface area (Å²) in [7, 11) is 0. The number of non-ortho nitro benzene ring substituents is 2. The summed E-state index contributed by atoms with van der Waals surface area (Å²) in [4.78, 5) is 38.8. The Labute approximate surface area is 167 Å². The number of nitrogens with zero attached hydrogens (tertiary/aromatic N) is 2. The average molecular weight is 426 g/mol. The van der Waals surface area contributed by atoms with Gasteiger partial charge in [0.15, 0.2) is 12.2 Å². The summed E-state index contributed by atoms with van der Waals surface area (Å²) in [5.41, 5.74) is 11.8. The summed E-state index contributed by atoms with van der Waals surface area (Å²) >= 11 is 0. The van der Waals surface area contributed by atoms with Crippen molar-refractivity contribution in [3.8, 4) is 0 Å². The Morgan fingerprint density at radius 2 is 0.933 bits per heavy atom. The molecule has 8 N–H and O–H groups in total. The van der Waals surface area contributed by atoms with Crippen molar-refractivity contribution in [2.24, 2.45) is 0 Å². The molecule has 0 fully saturated rings. The van der Waals surface area contributed by atoms with Crippen molar-refractivity contribution in [3.05, 3.63) is 68.8 Å². The van der Waals surface area contributed by atoms with E-state index in [1.165, 1.54) is 48.5 Å². The van der Waals surface area contributed by atoms with Crippen LogP contribution in [0.2, 0.25) is 0 Å². The summed E-state index contributed by atoms with van der Waals surface area (Å²) < 4.78 is 0. The van der Waals surface area contributed by atoms with Gasteiger partial charge in [0.1, 0.15) is 0 Å². The Morgan fingerprint density at radius 3 is 1.10 bits per heavy atom. The van der Waals surface area contributed by atoms with Crippen molar-refractivity contribution >= 4 is 34.7 Å². The maximum Gasteiger partial charge on any atom is 0.335 e. The number of nitrogen functional groups attached to an aromatic ring is 2. The highest BCUT2D eigenvalue weighted by Crippen LogP contribution is 2.12. The van der Waals surface area contributed by atoms with E-state index in [1.807, 2.05) is 0 Å². The van der Waals surface area contributed by atoms with Crippen LogP contribution in [0.4, 0.5) is 22.7 Å². The van der Waals surface area contributed by atoms with Gasteiger partial charge in [0.25, 0.3) is 11.4 Å². The number of aliphatic hydroxyl groups excluding tert-OH is 2. The van der Waals surface area contributed by atoms with Gasteiger partial charge in [-0.2, -0.15) is 0 Å². The van der Waals surface area contributed by atoms with Gasteiger partial charge in [-0.05, 0) is 24.3 Å². The number of nitrogens with two attached hydrogens (primary N) is 2. The van der Waals surface area contributed by atoms with Crippen LogP contribution < -0.4 is 11.5 Å². The van der Waals surface area contributed by atoms with Crippen molar-refractivity contribution in [2.75, 3.05) is 11.5 Å². The minimum atomic E-state index is -2.27. The van der Waals surface area contributed by atoms with Crippen LogP contribution in [0, 0.1) is 20.2 Å². The van der Waals surface area contributed by atoms with Gasteiger partial charge in [0, 0.05) is 35.6 Å². The number of nitro benzene ring substituents is 2. The molecule has 0 radical (unpaired) electrons. The zero-order valence-corrected chi connectivity index (χ0v) is 15.1. The van der Waals surface area contributed by atoms with Gasteiger partial charge < -0.3 is 31.9 Å². The Bertz CT molecular complexity index is 797. The first-order valence-corrected chi connectivity index (χ1v) is 7.68. The molecule has 0 saturated heterocycles. The summed E-state index contributed by atoms with van der Waals surface area (Å²) in [6.45, 7) is 0. The zero-order valence-electron chi connectivity index (χ0n) is 15.1. The Hall–Kier alpha value is -4.30. The number of carboxylic acids is 2. The molecule has 0 heterocycles. The topological polar surface area (TPSA) is 253 Å². The molecule has 0 aliphatic rings. The predicted octanol–water partition coefficient (Wildman–Crippen LogP) is 0.231. The monoisotopic (exact) mass is 426 g/mol. The van der Waals surface area contributed by atoms with E-state index in [0.29, 0.717) is 11.4 Å². The number of carbonyl (C=O) groups is 2. The number of nitro groups is 2. The molecule has 0 aromatic heterocycles. The van der Waals surface area contributed by atoms with E-state index in [2.05, 4.69) is 0 Å². The number of hydrogen-bond donors (Lipinski definition) is 6. The fourth-order valence-electron chi connectivity index (χ4n) is 1.46. The van der Waals surface area contributed by atoms with Gasteiger partial charge in [-0.25, -0.2) is 9.59 Å². The van der Waals surface area contributed by atoms with Gasteiger partial charge in [-0.1, -0.05) is 0 Å². The second kappa shape index (κ2) is 12.2. The molecule has 14 heteroatoms. The number of benzene rings is 2. The van der Waals surface area contributed by atoms with E-state index in [4.69, 9.17) is 31.9 Å². The van der Waals surface area contributed by atoms with Crippen LogP contribution in [0.1, 0.15) is 0 Å². The van der Waals surface area contributed by atoms with Gasteiger partial charge in [-0.3, -0.25) is 20.2 Å². The molecule has 0 aliphatic heterocycles. The third kappa shape index (κ3) is 9.58. The number of aliphatic hydroxyl groups is 2. The highest BCUT2D eigenvalue weighted by atomic mass is 16.6. The first-order chi connectivity index (χ1) is 13.9. The molecule has 14 nitrogen and oxygen atoms in total. The zero-order chi connectivity index (χ0) is 23.4. The van der Waals surface area contributed by atoms with Gasteiger partial charge in [0.05, 0.1) is 9.85 Å². The molecule has 2 aromatic carbocycles. The molecular weight excluding hydrogens is 408 g/mol. The largest absolute Gasteiger partial charge is 0.479 e. The molecule has 0 unspecified atom stereocenters. The third-order valence-electron chi connectivity index (χ3n) is 3.01. The molecular formula is C16H18N4O10. The SMILES string of the molecule is Nc1ccc([N+](=O)[O-])cc1.Nc1ccc([N+](=O)[O-])cc1.O=C(O)[C@H](O)[C@@H](O)C(=O)O. The lowest BCUT2D eigenvalue weighted by molar-refractivity contribution is -0.385. The third-order valence-corrected chi connectivity index (χ3v) is 3.01. The molecule has 0 bridgehead atoms. The lowest BCUT2D eigenvalue weighted by atomic mass is 10.2. The Kier molecular flexibility index (Phi) is 10.5. The fraction of sp³-hybridized carbons (Fsp3) is 0.125. The number of carboxylic acid groups (broad SMARTS) is 2. The molecule has 30 heavy (non-hydrogen) atoms. The van der Waals surface area contributed by atoms with Crippen molar-refractivity contribution in [3.63, 3.8) is 0 Å². The summed E-state index contributed by atoms with van der Waals surface area (Å²) in [5, 5.41) is 52.7. The molecule has 0 saturated carbocycles. The number of hydrogen-bond acceptors (Lipinski definition) is 10. The summed E-state index contributed by atoms with van der Waals surface area (Å²) in [6, 6.07) is 11.5. The van der Waals surface area contributed by atoms with E-state index in [0.717, 1.165) is 0 Å². The first-order valence-electron chi connectivity index (χ1n) is 7.68. The van der Waals surface area contributed by atoms with Crippen LogP contribution in [0.3, 0.4) is 0 Å². The average Bonchev–Trinajstić information content (AvgIpc) is 2.68. The van der Waals surface area contributed by atoms with Crippen LogP contribution in [0.25, 0.3) is 0 Å². The van der Waals surface area contributed by atoms with Crippen LogP contribution >= 0.6 is 0 Å². The standard InChI is InChI=1S/2C6H6N2O2.C4H6O6/c2*7-5-1-3-6(4-2-5)8(9)10;5-1(3(7)8)2(6)4(9)10/h2*1-4H,7H2;1-2,5-6H,(H,7,8)(H,9,10)/t;;1-,2-/m..1/s1. The molecule has 162 valence electrons. The second-order valence-corrected chi connectivity index (χ2v) is 5.26. The maximum atomic E-state index is 10.1. The smallest absolute Gasteiger partial charge is 0.335 e. The molecule has 2 atom stereocenters. The van der Waals surface area contributed by atoms with Crippen LogP contribution in [0.15, 0.2) is 48.5 Å². The highest BCUT2D eigenvalue weighted by molar-refractivity contribution is 5.83. The van der Waals surface area contributed by atoms with E-state index in [-0.39, 0.29) is 11.4 Å². The first kappa shape index (κ1) is 25.7. The van der Waals surface area contributed by atoms with Crippen molar-refractivity contribution in [1.29, 1.82) is 0 Å². The fourth-order valence-corrected chi connectivity index (χ4v) is 1.46. The predicted molar refractivity (Wildman–Crippen MR) is 102 cm³/mol. The minimum Gasteiger partial charge on any atom is -0.479 e. The van der Waals surface area contributed by atoms with Crippen molar-refractivity contribution < 1.29 is 39.9 Å². The number of anilines is 2. The highest BCUT2D eigenvalue weighted by Gasteiger charge is 2.29. The molecule has 2 aromatic rings. The van der Waals surface area contributed by atoms with Crippen LogP contribution in [-0.2, 0) is 9.59 Å². The summed E-state index contributed by atoms with van der Waals surface area (Å²) in [5.74, 6) is -3.54. The molecule has 2 rings (SSSR count). The van der Waals surface area contributed by atoms with Crippen molar-refractivity contribution in [1.82, 2.24) is 0 Å². The molecule has 0 amide bonds. The lowest BCUT2D eigenvalue weighted by Crippen LogP contribution is -2.39. The summed E-state index contributed by atoms with van der Waals surface area (Å²) in [6.07, 6.45) is -4.53. The normalized spacial score (nSPS) is 11.4. The molecule has 0 aliphatic carbocycles. The quantitative estimate of drug-likeness (QED) is 0.213. The Morgan fingerprint density at radius 1 is 0.700 bits per heavy atom. The Balaban J connectivity index is 0.000000420. The van der Waals surface area contributed by atoms with Gasteiger partial charge in [0.2, 0.25) is 0 Å². The number of rotatable bonds is 5. The van der Waals surface area contributed by atoms with Crippen LogP contribution in [0.5, 0.6) is 0 Å². The lowest BCUT2D eigenvalue weighted by Gasteiger charge is -2.07. The van der Waals surface area contributed by atoms with E-state index < -0.39 is 34.0 Å². The maximum absolute atomic E-state index is 10.1. The van der Waals surface area contributed by atoms with Gasteiger partial charge >= 0.3 is 11.9 Å². The van der Waals surface area contributed by atoms with E-state index in [1.54, 1.807) is 0 Å². The van der Waals surface area contributed by atoms with Crippen molar-refractivity contribution in [2.45, 2.75) is 12.2 Å². The molecule has 0 spiro atoms. The number of aliphatic carboxylic acids is 2. The van der Waals surface area contributed by atoms with Crippen LogP contribution in [-0.4, -0.2) is 54.4 Å².